The maximum Gasteiger partial charge on any atom is 0.312 e. The lowest BCUT2D eigenvalue weighted by molar-refractivity contribution is 0.582. The molecule has 7 heteroatoms. The zero-order valence-electron chi connectivity index (χ0n) is 3.25. The van der Waals surface area contributed by atoms with Gasteiger partial charge in [0.25, 0.3) is 0 Å². The van der Waals surface area contributed by atoms with E-state index in [1.165, 1.54) is 4.83 Å². The number of hydrogen-bond acceptors (Lipinski definition) is 4. The lowest BCUT2D eigenvalue weighted by atomic mass is 12.8. The molecule has 0 amide bonds. The summed E-state index contributed by atoms with van der Waals surface area (Å²) in [6.45, 7) is 0. The van der Waals surface area contributed by atoms with Gasteiger partial charge in [0.15, 0.2) is 0 Å². The Balaban J connectivity index is 3.84. The molecule has 0 rings (SSSR count). The molecule has 0 saturated heterocycles. The first-order valence-corrected chi connectivity index (χ1v) is 2.77. The molecule has 0 radical (unpaired) electrons. The van der Waals surface area contributed by atoms with Crippen LogP contribution in [0.3, 0.4) is 0 Å². The van der Waals surface area contributed by atoms with E-state index in [4.69, 9.17) is 5.53 Å². The Morgan fingerprint density at radius 3 is 2.14 bits per heavy atom. The van der Waals surface area contributed by atoms with Crippen molar-refractivity contribution in [3.05, 3.63) is 0 Å². The molecule has 0 aromatic heterocycles. The fourth-order valence-electron chi connectivity index (χ4n) is 0.0636. The largest absolute Gasteiger partial charge is 0.312 e. The number of hydrogen-bond donors (Lipinski definition) is 3. The molecule has 4 N–H and O–H groups in total. The van der Waals surface area contributed by atoms with Crippen LogP contribution in [0.1, 0.15) is 0 Å². The molecule has 0 aliphatic rings. The molecule has 0 saturated carbocycles. The van der Waals surface area contributed by atoms with Crippen LogP contribution >= 0.6 is 0 Å². The minimum absolute atomic E-state index is 1.33. The molecule has 6 nitrogen and oxygen atoms in total. The molecule has 0 aliphatic carbocycles. The normalized spacial score (nSPS) is 10.4. The van der Waals surface area contributed by atoms with Crippen LogP contribution in [-0.4, -0.2) is 8.42 Å². The fourth-order valence-corrected chi connectivity index (χ4v) is 0.191. The van der Waals surface area contributed by atoms with E-state index in [-0.39, 0.29) is 0 Å². The van der Waals surface area contributed by atoms with Crippen molar-refractivity contribution in [2.75, 3.05) is 0 Å². The molecule has 0 fully saturated rings. The van der Waals surface area contributed by atoms with E-state index in [1.54, 1.807) is 0 Å². The first-order chi connectivity index (χ1) is 3.06. The Morgan fingerprint density at radius 2 is 2.14 bits per heavy atom. The molecule has 7 heavy (non-hydrogen) atoms. The van der Waals surface area contributed by atoms with Crippen LogP contribution in [0.2, 0.25) is 0 Å². The summed E-state index contributed by atoms with van der Waals surface area (Å²) in [7, 11) is -3.78. The number of rotatable bonds is 2. The lowest BCUT2D eigenvalue weighted by Gasteiger charge is -1.86. The van der Waals surface area contributed by atoms with Crippen LogP contribution in [-0.2, 0) is 10.2 Å². The van der Waals surface area contributed by atoms with E-state index in [2.05, 4.69) is 10.4 Å². The average molecular weight is 124 g/mol. The van der Waals surface area contributed by atoms with Crippen molar-refractivity contribution in [3.63, 3.8) is 0 Å². The molecule has 42 valence electrons. The highest BCUT2D eigenvalue weighted by Crippen LogP contribution is 1.61. The minimum atomic E-state index is -3.78. The minimum Gasteiger partial charge on any atom is -0.210 e. The smallest absolute Gasteiger partial charge is 0.210 e. The van der Waals surface area contributed by atoms with Crippen molar-refractivity contribution >= 4 is 10.2 Å². The Morgan fingerprint density at radius 1 is 1.71 bits per heavy atom. The Labute approximate surface area is 40.4 Å². The predicted molar refractivity (Wildman–Crippen MR) is 21.4 cm³/mol. The molecule has 0 atom stereocenters. The molecule has 0 unspecified atom stereocenters. The fraction of sp³-hybridized carbons (Fsp3) is 0. The van der Waals surface area contributed by atoms with Gasteiger partial charge in [-0.15, -0.1) is 0 Å². The van der Waals surface area contributed by atoms with Gasteiger partial charge in [0.05, 0.1) is 0 Å². The van der Waals surface area contributed by atoms with Gasteiger partial charge in [0.2, 0.25) is 0 Å². The molecular formula is H4N4O2S. The summed E-state index contributed by atoms with van der Waals surface area (Å²) < 4.78 is 19.4. The first kappa shape index (κ1) is 6.31. The van der Waals surface area contributed by atoms with E-state index >= 15 is 0 Å². The zero-order valence-corrected chi connectivity index (χ0v) is 4.07. The summed E-state index contributed by atoms with van der Waals surface area (Å²) in [6, 6.07) is 0. The highest BCUT2D eigenvalue weighted by atomic mass is 32.2. The highest BCUT2D eigenvalue weighted by molar-refractivity contribution is 7.87. The van der Waals surface area contributed by atoms with Crippen LogP contribution in [0.25, 0.3) is 0 Å². The highest BCUT2D eigenvalue weighted by Gasteiger charge is 1.92. The van der Waals surface area contributed by atoms with E-state index in [9.17, 15) is 8.42 Å². The monoisotopic (exact) mass is 124 g/mol. The Bertz CT molecular complexity index is 143. The van der Waals surface area contributed by atoms with Crippen molar-refractivity contribution < 1.29 is 8.42 Å². The summed E-state index contributed by atoms with van der Waals surface area (Å²) in [4.78, 5) is 1.33. The molecule has 0 aromatic rings. The third-order valence-electron chi connectivity index (χ3n) is 0.173. The Kier molecular flexibility index (Phi) is 1.66. The standard InChI is InChI=1S/H4N4O2S/c1-3-4-7(2,5)6/h(H2,1,4)(H2,2,5,6). The van der Waals surface area contributed by atoms with Crippen molar-refractivity contribution in [3.8, 4) is 0 Å². The predicted octanol–water partition coefficient (Wildman–Crippen LogP) is -1.27. The molecule has 0 heterocycles. The summed E-state index contributed by atoms with van der Waals surface area (Å²) in [5.74, 6) is 0. The van der Waals surface area contributed by atoms with E-state index < -0.39 is 10.2 Å². The van der Waals surface area contributed by atoms with Gasteiger partial charge >= 0.3 is 10.2 Å². The number of nitrogens with two attached hydrogens (primary N) is 1. The van der Waals surface area contributed by atoms with Crippen molar-refractivity contribution in [2.24, 2.45) is 10.4 Å². The SMILES string of the molecule is N=NNS(N)(=O)=O. The van der Waals surface area contributed by atoms with Gasteiger partial charge in [0, 0.05) is 0 Å². The second-order valence-electron chi connectivity index (χ2n) is 0.748. The van der Waals surface area contributed by atoms with Crippen LogP contribution in [0, 0.1) is 5.53 Å². The van der Waals surface area contributed by atoms with E-state index in [1.807, 2.05) is 0 Å². The van der Waals surface area contributed by atoms with E-state index in [0.717, 1.165) is 0 Å². The van der Waals surface area contributed by atoms with Gasteiger partial charge < -0.3 is 0 Å². The molecule has 0 aromatic carbocycles. The van der Waals surface area contributed by atoms with Crippen LogP contribution < -0.4 is 9.97 Å². The summed E-state index contributed by atoms with van der Waals surface area (Å²) >= 11 is 0. The summed E-state index contributed by atoms with van der Waals surface area (Å²) in [5.41, 5.74) is 5.91. The quantitative estimate of drug-likeness (QED) is 0.315. The average Bonchev–Trinajstić information content (AvgIpc) is 1.30. The van der Waals surface area contributed by atoms with Gasteiger partial charge in [-0.25, -0.2) is 5.14 Å². The molecular weight excluding hydrogens is 120 g/mol. The summed E-state index contributed by atoms with van der Waals surface area (Å²) in [6.07, 6.45) is 0. The van der Waals surface area contributed by atoms with Crippen molar-refractivity contribution in [2.45, 2.75) is 0 Å². The zero-order chi connectivity index (χ0) is 5.91. The second kappa shape index (κ2) is 1.85. The molecule has 0 bridgehead atoms. The summed E-state index contributed by atoms with van der Waals surface area (Å²) in [5, 5.41) is 6.59. The van der Waals surface area contributed by atoms with Gasteiger partial charge in [-0.3, -0.25) is 0 Å². The van der Waals surface area contributed by atoms with Gasteiger partial charge in [0.1, 0.15) is 0 Å². The maximum absolute atomic E-state index is 9.68. The van der Waals surface area contributed by atoms with Crippen LogP contribution in [0.4, 0.5) is 0 Å². The van der Waals surface area contributed by atoms with Crippen LogP contribution in [0.15, 0.2) is 5.22 Å². The van der Waals surface area contributed by atoms with Gasteiger partial charge in [-0.2, -0.15) is 18.8 Å². The third kappa shape index (κ3) is 5.31. The third-order valence-corrected chi connectivity index (χ3v) is 0.519. The van der Waals surface area contributed by atoms with Crippen molar-refractivity contribution in [1.29, 1.82) is 5.53 Å². The van der Waals surface area contributed by atoms with Gasteiger partial charge in [-0.1, -0.05) is 5.22 Å². The number of nitrogens with zero attached hydrogens (tertiary/aromatic N) is 1. The van der Waals surface area contributed by atoms with Crippen LogP contribution in [0.5, 0.6) is 0 Å². The molecule has 0 spiro atoms. The van der Waals surface area contributed by atoms with E-state index in [0.29, 0.717) is 0 Å². The number of nitrogens with one attached hydrogen (secondary N) is 2. The molecule has 0 aliphatic heterocycles. The Hall–Kier alpha value is -0.690. The lowest BCUT2D eigenvalue weighted by Crippen LogP contribution is -2.25. The second-order valence-corrected chi connectivity index (χ2v) is 2.02. The first-order valence-electron chi connectivity index (χ1n) is 1.22. The van der Waals surface area contributed by atoms with Crippen molar-refractivity contribution in [1.82, 2.24) is 4.83 Å². The van der Waals surface area contributed by atoms with Gasteiger partial charge in [-0.05, 0) is 0 Å². The maximum atomic E-state index is 9.68. The topological polar surface area (TPSA) is 108 Å².